The fourth-order valence-electron chi connectivity index (χ4n) is 4.70. The molecule has 0 bridgehead atoms. The number of aryl methyl sites for hydroxylation is 1. The third-order valence-electron chi connectivity index (χ3n) is 6.39. The third kappa shape index (κ3) is 4.60. The molecule has 1 N–H and O–H groups in total. The molecule has 7 nitrogen and oxygen atoms in total. The van der Waals surface area contributed by atoms with Gasteiger partial charge < -0.3 is 19.1 Å². The second-order valence-electron chi connectivity index (χ2n) is 9.12. The summed E-state index contributed by atoms with van der Waals surface area (Å²) in [6, 6.07) is 7.47. The van der Waals surface area contributed by atoms with Gasteiger partial charge in [-0.1, -0.05) is 11.6 Å². The monoisotopic (exact) mass is 427 g/mol. The average molecular weight is 427 g/mol. The zero-order valence-corrected chi connectivity index (χ0v) is 18.2. The van der Waals surface area contributed by atoms with Crippen LogP contribution in [0.25, 0.3) is 11.3 Å². The second-order valence-corrected chi connectivity index (χ2v) is 9.12. The van der Waals surface area contributed by atoms with Gasteiger partial charge in [0.05, 0.1) is 24.1 Å². The number of benzene rings is 1. The van der Waals surface area contributed by atoms with Crippen LogP contribution in [0.15, 0.2) is 28.8 Å². The molecule has 2 saturated carbocycles. The maximum Gasteiger partial charge on any atom is 0.309 e. The highest BCUT2D eigenvalue weighted by molar-refractivity contribution is 5.75. The predicted octanol–water partition coefficient (Wildman–Crippen LogP) is 4.56. The normalized spacial score (nSPS) is 24.9. The first-order valence-electron chi connectivity index (χ1n) is 10.9. The summed E-state index contributed by atoms with van der Waals surface area (Å²) in [6.07, 6.45) is 4.69. The molecule has 2 fully saturated rings. The first kappa shape index (κ1) is 21.4. The van der Waals surface area contributed by atoms with Gasteiger partial charge in [-0.2, -0.15) is 0 Å². The van der Waals surface area contributed by atoms with E-state index in [1.807, 2.05) is 38.1 Å². The van der Waals surface area contributed by atoms with Crippen molar-refractivity contribution in [2.24, 2.45) is 11.3 Å². The number of carboxylic acid groups (broad SMARTS) is 1. The number of aliphatic carboxylic acids is 1. The molecule has 2 unspecified atom stereocenters. The smallest absolute Gasteiger partial charge is 0.309 e. The van der Waals surface area contributed by atoms with Crippen molar-refractivity contribution < 1.29 is 28.7 Å². The van der Waals surface area contributed by atoms with Gasteiger partial charge in [0.2, 0.25) is 0 Å². The molecule has 2 aliphatic rings. The summed E-state index contributed by atoms with van der Waals surface area (Å²) in [5, 5.41) is 13.0. The van der Waals surface area contributed by atoms with Crippen molar-refractivity contribution in [1.82, 2.24) is 5.16 Å². The summed E-state index contributed by atoms with van der Waals surface area (Å²) in [6.45, 7) is 5.51. The molecule has 7 heteroatoms. The van der Waals surface area contributed by atoms with Crippen LogP contribution in [0.4, 0.5) is 0 Å². The van der Waals surface area contributed by atoms with E-state index in [0.717, 1.165) is 43.4 Å². The van der Waals surface area contributed by atoms with Crippen LogP contribution in [0.3, 0.4) is 0 Å². The largest absolute Gasteiger partial charge is 0.490 e. The lowest BCUT2D eigenvalue weighted by atomic mass is 9.78. The molecule has 3 atom stereocenters. The molecule has 2 aromatic rings. The Morgan fingerprint density at radius 3 is 2.68 bits per heavy atom. The number of rotatable bonds is 7. The van der Waals surface area contributed by atoms with Crippen LogP contribution >= 0.6 is 0 Å². The van der Waals surface area contributed by atoms with Gasteiger partial charge >= 0.3 is 11.9 Å². The molecule has 0 aliphatic heterocycles. The molecule has 0 amide bonds. The van der Waals surface area contributed by atoms with E-state index in [1.54, 1.807) is 6.92 Å². The number of hydrogen-bond acceptors (Lipinski definition) is 6. The van der Waals surface area contributed by atoms with Crippen LogP contribution in [-0.2, 0) is 20.7 Å². The van der Waals surface area contributed by atoms with Gasteiger partial charge in [0, 0.05) is 16.5 Å². The number of esters is 1. The van der Waals surface area contributed by atoms with Gasteiger partial charge in [-0.05, 0) is 70.7 Å². The Labute approximate surface area is 181 Å². The van der Waals surface area contributed by atoms with E-state index in [9.17, 15) is 9.59 Å². The van der Waals surface area contributed by atoms with Gasteiger partial charge in [-0.25, -0.2) is 0 Å². The van der Waals surface area contributed by atoms with Crippen LogP contribution in [0.2, 0.25) is 0 Å². The number of nitrogens with zero attached hydrogens (tertiary/aromatic N) is 1. The number of carbonyl (C=O) groups is 2. The fraction of sp³-hybridized carbons (Fsp3) is 0.542. The van der Waals surface area contributed by atoms with Crippen LogP contribution in [0, 0.1) is 18.3 Å². The van der Waals surface area contributed by atoms with Gasteiger partial charge in [0.15, 0.2) is 5.76 Å². The lowest BCUT2D eigenvalue weighted by Gasteiger charge is -2.29. The summed E-state index contributed by atoms with van der Waals surface area (Å²) in [5.41, 5.74) is 2.02. The van der Waals surface area contributed by atoms with E-state index in [0.29, 0.717) is 17.0 Å². The standard InChI is InChI=1S/C24H29NO6/c1-14(2)29-23(28)17-5-4-10-24(12-17)13-20(24)30-18-8-6-16(7-9-18)22-19(11-21(26)27)15(3)25-31-22/h6-9,14,17,20H,4-5,10-13H2,1-3H3,(H,26,27)/t17?,20?,24-/m0/s1. The number of ether oxygens (including phenoxy) is 2. The van der Waals surface area contributed by atoms with E-state index in [4.69, 9.17) is 19.1 Å². The summed E-state index contributed by atoms with van der Waals surface area (Å²) < 4.78 is 17.0. The summed E-state index contributed by atoms with van der Waals surface area (Å²) in [5.74, 6) is 0.203. The van der Waals surface area contributed by atoms with Gasteiger partial charge in [-0.15, -0.1) is 0 Å². The van der Waals surface area contributed by atoms with E-state index < -0.39 is 5.97 Å². The highest BCUT2D eigenvalue weighted by Crippen LogP contribution is 2.59. The Bertz CT molecular complexity index is 963. The van der Waals surface area contributed by atoms with Crippen LogP contribution in [0.1, 0.15) is 57.2 Å². The quantitative estimate of drug-likeness (QED) is 0.647. The molecule has 1 aromatic heterocycles. The first-order chi connectivity index (χ1) is 14.8. The van der Waals surface area contributed by atoms with Crippen LogP contribution in [0.5, 0.6) is 5.75 Å². The Hall–Kier alpha value is -2.83. The molecule has 4 rings (SSSR count). The molecule has 1 heterocycles. The van der Waals surface area contributed by atoms with Gasteiger partial charge in [0.1, 0.15) is 11.9 Å². The number of carboxylic acids is 1. The fourth-order valence-corrected chi connectivity index (χ4v) is 4.70. The van der Waals surface area contributed by atoms with E-state index >= 15 is 0 Å². The van der Waals surface area contributed by atoms with E-state index in [-0.39, 0.29) is 35.9 Å². The Morgan fingerprint density at radius 2 is 2.00 bits per heavy atom. The third-order valence-corrected chi connectivity index (χ3v) is 6.39. The second kappa shape index (κ2) is 8.36. The zero-order chi connectivity index (χ0) is 22.2. The Morgan fingerprint density at radius 1 is 1.26 bits per heavy atom. The molecule has 166 valence electrons. The molecule has 2 aliphatic carbocycles. The average Bonchev–Trinajstić information content (AvgIpc) is 3.22. The Balaban J connectivity index is 1.40. The van der Waals surface area contributed by atoms with Crippen molar-refractivity contribution in [3.05, 3.63) is 35.5 Å². The van der Waals surface area contributed by atoms with Crippen molar-refractivity contribution in [2.45, 2.75) is 71.5 Å². The van der Waals surface area contributed by atoms with E-state index in [2.05, 4.69) is 5.16 Å². The SMILES string of the molecule is Cc1noc(-c2ccc(OC3C[C@@]34CCCC(C(=O)OC(C)C)C4)cc2)c1CC(=O)O. The molecule has 1 spiro atoms. The number of carbonyl (C=O) groups excluding carboxylic acids is 1. The highest BCUT2D eigenvalue weighted by atomic mass is 16.5. The zero-order valence-electron chi connectivity index (χ0n) is 18.2. The number of hydrogen-bond donors (Lipinski definition) is 1. The predicted molar refractivity (Wildman–Crippen MR) is 113 cm³/mol. The highest BCUT2D eigenvalue weighted by Gasteiger charge is 2.58. The van der Waals surface area contributed by atoms with Gasteiger partial charge in [-0.3, -0.25) is 9.59 Å². The molecule has 31 heavy (non-hydrogen) atoms. The molecule has 1 aromatic carbocycles. The summed E-state index contributed by atoms with van der Waals surface area (Å²) >= 11 is 0. The summed E-state index contributed by atoms with van der Waals surface area (Å²) in [4.78, 5) is 23.5. The van der Waals surface area contributed by atoms with Crippen molar-refractivity contribution in [1.29, 1.82) is 0 Å². The molecular weight excluding hydrogens is 398 g/mol. The molecule has 0 saturated heterocycles. The maximum atomic E-state index is 12.3. The molecule has 0 radical (unpaired) electrons. The minimum atomic E-state index is -0.922. The van der Waals surface area contributed by atoms with Crippen molar-refractivity contribution in [3.63, 3.8) is 0 Å². The minimum absolute atomic E-state index is 0.0329. The van der Waals surface area contributed by atoms with Gasteiger partial charge in [0.25, 0.3) is 0 Å². The maximum absolute atomic E-state index is 12.3. The molecular formula is C24H29NO6. The summed E-state index contributed by atoms with van der Waals surface area (Å²) in [7, 11) is 0. The van der Waals surface area contributed by atoms with Crippen LogP contribution in [-0.4, -0.2) is 34.4 Å². The lowest BCUT2D eigenvalue weighted by molar-refractivity contribution is -0.154. The van der Waals surface area contributed by atoms with Crippen molar-refractivity contribution in [2.75, 3.05) is 0 Å². The minimum Gasteiger partial charge on any atom is -0.490 e. The Kier molecular flexibility index (Phi) is 5.77. The first-order valence-corrected chi connectivity index (χ1v) is 10.9. The van der Waals surface area contributed by atoms with Crippen molar-refractivity contribution >= 4 is 11.9 Å². The van der Waals surface area contributed by atoms with E-state index in [1.165, 1.54) is 0 Å². The number of aromatic nitrogens is 1. The topological polar surface area (TPSA) is 98.9 Å². The lowest BCUT2D eigenvalue weighted by Crippen LogP contribution is -2.29. The van der Waals surface area contributed by atoms with Crippen LogP contribution < -0.4 is 4.74 Å². The van der Waals surface area contributed by atoms with Crippen molar-refractivity contribution in [3.8, 4) is 17.1 Å².